The fourth-order valence-electron chi connectivity index (χ4n) is 1.92. The largest absolute Gasteiger partial charge is 0.388 e. The molecular formula is C12H17N3S. The lowest BCUT2D eigenvalue weighted by atomic mass is 9.98. The molecular weight excluding hydrogens is 218 g/mol. The van der Waals surface area contributed by atoms with E-state index >= 15 is 0 Å². The van der Waals surface area contributed by atoms with Gasteiger partial charge in [-0.3, -0.25) is 4.98 Å². The molecule has 0 amide bonds. The standard InChI is InChI=1S/C12H17N3S/c1-12(2,8-3-4-8)15-9-5-6-14-10(7-9)11(13)16/h5-8H,3-4H2,1-2H3,(H2,13,16)(H,14,15). The van der Waals surface area contributed by atoms with Crippen molar-refractivity contribution in [3.8, 4) is 0 Å². The number of pyridine rings is 1. The van der Waals surface area contributed by atoms with Crippen LogP contribution in [-0.4, -0.2) is 15.5 Å². The van der Waals surface area contributed by atoms with Crippen molar-refractivity contribution in [1.82, 2.24) is 4.98 Å². The van der Waals surface area contributed by atoms with E-state index < -0.39 is 0 Å². The van der Waals surface area contributed by atoms with E-state index in [-0.39, 0.29) is 5.54 Å². The Morgan fingerprint density at radius 2 is 2.25 bits per heavy atom. The van der Waals surface area contributed by atoms with Gasteiger partial charge in [0.2, 0.25) is 0 Å². The number of nitrogens with zero attached hydrogens (tertiary/aromatic N) is 1. The van der Waals surface area contributed by atoms with Gasteiger partial charge in [-0.25, -0.2) is 0 Å². The molecule has 86 valence electrons. The van der Waals surface area contributed by atoms with E-state index in [0.29, 0.717) is 10.7 Å². The molecule has 1 aromatic rings. The SMILES string of the molecule is CC(C)(Nc1ccnc(C(N)=S)c1)C1CC1. The number of hydrogen-bond donors (Lipinski definition) is 2. The lowest BCUT2D eigenvalue weighted by Crippen LogP contribution is -2.33. The molecule has 16 heavy (non-hydrogen) atoms. The predicted octanol–water partition coefficient (Wildman–Crippen LogP) is 2.32. The van der Waals surface area contributed by atoms with Crippen LogP contribution in [0, 0.1) is 5.92 Å². The number of thiocarbonyl (C=S) groups is 1. The van der Waals surface area contributed by atoms with Gasteiger partial charge in [0.1, 0.15) is 4.99 Å². The smallest absolute Gasteiger partial charge is 0.122 e. The highest BCUT2D eigenvalue weighted by atomic mass is 32.1. The summed E-state index contributed by atoms with van der Waals surface area (Å²) in [5.41, 5.74) is 7.40. The molecule has 0 aliphatic heterocycles. The zero-order valence-corrected chi connectivity index (χ0v) is 10.5. The first-order valence-electron chi connectivity index (χ1n) is 5.53. The number of nitrogens with two attached hydrogens (primary N) is 1. The van der Waals surface area contributed by atoms with Gasteiger partial charge in [0.05, 0.1) is 5.69 Å². The Balaban J connectivity index is 2.14. The fourth-order valence-corrected chi connectivity index (χ4v) is 2.03. The van der Waals surface area contributed by atoms with Crippen LogP contribution in [0.15, 0.2) is 18.3 Å². The second kappa shape index (κ2) is 4.01. The van der Waals surface area contributed by atoms with Crippen molar-refractivity contribution in [3.63, 3.8) is 0 Å². The summed E-state index contributed by atoms with van der Waals surface area (Å²) in [6.45, 7) is 4.46. The van der Waals surface area contributed by atoms with Crippen molar-refractivity contribution in [2.45, 2.75) is 32.2 Å². The van der Waals surface area contributed by atoms with Gasteiger partial charge in [0.25, 0.3) is 0 Å². The third-order valence-corrected chi connectivity index (χ3v) is 3.29. The maximum Gasteiger partial charge on any atom is 0.122 e. The Bertz CT molecular complexity index is 410. The summed E-state index contributed by atoms with van der Waals surface area (Å²) in [4.78, 5) is 4.46. The van der Waals surface area contributed by atoms with E-state index in [2.05, 4.69) is 24.1 Å². The maximum absolute atomic E-state index is 5.56. The summed E-state index contributed by atoms with van der Waals surface area (Å²) in [6.07, 6.45) is 4.36. The van der Waals surface area contributed by atoms with E-state index in [1.807, 2.05) is 12.1 Å². The molecule has 0 saturated heterocycles. The summed E-state index contributed by atoms with van der Waals surface area (Å²) < 4.78 is 0. The van der Waals surface area contributed by atoms with Crippen LogP contribution in [0.25, 0.3) is 0 Å². The van der Waals surface area contributed by atoms with Crippen molar-refractivity contribution < 1.29 is 0 Å². The van der Waals surface area contributed by atoms with Crippen LogP contribution >= 0.6 is 12.2 Å². The molecule has 0 unspecified atom stereocenters. The normalized spacial score (nSPS) is 15.9. The molecule has 0 radical (unpaired) electrons. The lowest BCUT2D eigenvalue weighted by Gasteiger charge is -2.27. The van der Waals surface area contributed by atoms with Gasteiger partial charge >= 0.3 is 0 Å². The van der Waals surface area contributed by atoms with Crippen LogP contribution in [0.2, 0.25) is 0 Å². The van der Waals surface area contributed by atoms with Crippen LogP contribution in [0.1, 0.15) is 32.4 Å². The van der Waals surface area contributed by atoms with Crippen LogP contribution in [-0.2, 0) is 0 Å². The first-order chi connectivity index (χ1) is 7.49. The average molecular weight is 235 g/mol. The molecule has 1 aliphatic carbocycles. The second-order valence-corrected chi connectivity index (χ2v) is 5.35. The van der Waals surface area contributed by atoms with E-state index in [9.17, 15) is 0 Å². The zero-order chi connectivity index (χ0) is 11.8. The molecule has 3 N–H and O–H groups in total. The summed E-state index contributed by atoms with van der Waals surface area (Å²) in [6, 6.07) is 3.86. The van der Waals surface area contributed by atoms with Crippen LogP contribution in [0.3, 0.4) is 0 Å². The molecule has 2 rings (SSSR count). The van der Waals surface area contributed by atoms with Gasteiger partial charge < -0.3 is 11.1 Å². The van der Waals surface area contributed by atoms with Crippen molar-refractivity contribution in [2.75, 3.05) is 5.32 Å². The molecule has 1 heterocycles. The van der Waals surface area contributed by atoms with Crippen molar-refractivity contribution in [3.05, 3.63) is 24.0 Å². The Morgan fingerprint density at radius 3 is 2.81 bits per heavy atom. The zero-order valence-electron chi connectivity index (χ0n) is 9.66. The molecule has 0 bridgehead atoms. The van der Waals surface area contributed by atoms with Crippen LogP contribution < -0.4 is 11.1 Å². The third-order valence-electron chi connectivity index (χ3n) is 3.08. The second-order valence-electron chi connectivity index (χ2n) is 4.91. The maximum atomic E-state index is 5.56. The van der Waals surface area contributed by atoms with Gasteiger partial charge in [0, 0.05) is 17.4 Å². The minimum absolute atomic E-state index is 0.134. The molecule has 1 aliphatic rings. The lowest BCUT2D eigenvalue weighted by molar-refractivity contribution is 0.494. The minimum atomic E-state index is 0.134. The molecule has 0 spiro atoms. The Kier molecular flexibility index (Phi) is 2.84. The Labute approximate surface area is 101 Å². The van der Waals surface area contributed by atoms with Gasteiger partial charge in [0.15, 0.2) is 0 Å². The highest BCUT2D eigenvalue weighted by molar-refractivity contribution is 7.80. The number of rotatable bonds is 4. The Morgan fingerprint density at radius 1 is 1.56 bits per heavy atom. The van der Waals surface area contributed by atoms with E-state index in [4.69, 9.17) is 18.0 Å². The van der Waals surface area contributed by atoms with Gasteiger partial charge in [-0.1, -0.05) is 12.2 Å². The molecule has 4 heteroatoms. The summed E-state index contributed by atoms with van der Waals surface area (Å²) in [5.74, 6) is 0.772. The predicted molar refractivity (Wildman–Crippen MR) is 70.6 cm³/mol. The third kappa shape index (κ3) is 2.50. The molecule has 0 atom stereocenters. The quantitative estimate of drug-likeness (QED) is 0.786. The highest BCUT2D eigenvalue weighted by Gasteiger charge is 2.37. The minimum Gasteiger partial charge on any atom is -0.388 e. The first kappa shape index (κ1) is 11.3. The van der Waals surface area contributed by atoms with Gasteiger partial charge in [-0.2, -0.15) is 0 Å². The molecule has 1 saturated carbocycles. The molecule has 1 fully saturated rings. The summed E-state index contributed by atoms with van der Waals surface area (Å²) >= 11 is 4.91. The topological polar surface area (TPSA) is 50.9 Å². The average Bonchev–Trinajstić information content (AvgIpc) is 3.00. The van der Waals surface area contributed by atoms with Crippen LogP contribution in [0.5, 0.6) is 0 Å². The molecule has 0 aromatic carbocycles. The van der Waals surface area contributed by atoms with Gasteiger partial charge in [-0.05, 0) is 44.7 Å². The van der Waals surface area contributed by atoms with Crippen molar-refractivity contribution in [2.24, 2.45) is 11.7 Å². The number of nitrogens with one attached hydrogen (secondary N) is 1. The summed E-state index contributed by atoms with van der Waals surface area (Å²) in [7, 11) is 0. The number of hydrogen-bond acceptors (Lipinski definition) is 3. The van der Waals surface area contributed by atoms with E-state index in [1.165, 1.54) is 12.8 Å². The van der Waals surface area contributed by atoms with Crippen molar-refractivity contribution in [1.29, 1.82) is 0 Å². The van der Waals surface area contributed by atoms with Crippen molar-refractivity contribution >= 4 is 22.9 Å². The molecule has 3 nitrogen and oxygen atoms in total. The monoisotopic (exact) mass is 235 g/mol. The summed E-state index contributed by atoms with van der Waals surface area (Å²) in [5, 5.41) is 3.52. The van der Waals surface area contributed by atoms with E-state index in [0.717, 1.165) is 11.6 Å². The van der Waals surface area contributed by atoms with Gasteiger partial charge in [-0.15, -0.1) is 0 Å². The Hall–Kier alpha value is -1.16. The number of aromatic nitrogens is 1. The van der Waals surface area contributed by atoms with Crippen LogP contribution in [0.4, 0.5) is 5.69 Å². The molecule has 1 aromatic heterocycles. The fraction of sp³-hybridized carbons (Fsp3) is 0.500. The van der Waals surface area contributed by atoms with E-state index in [1.54, 1.807) is 6.20 Å². The highest BCUT2D eigenvalue weighted by Crippen LogP contribution is 2.41. The number of anilines is 1. The first-order valence-corrected chi connectivity index (χ1v) is 5.94.